The van der Waals surface area contributed by atoms with E-state index in [9.17, 15) is 4.79 Å². The van der Waals surface area contributed by atoms with Crippen LogP contribution in [0.1, 0.15) is 32.1 Å². The lowest BCUT2D eigenvalue weighted by Gasteiger charge is -2.55. The maximum atomic E-state index is 12.2. The number of carbonyl (C=O) groups is 1. The number of oxime groups is 1. The van der Waals surface area contributed by atoms with E-state index >= 15 is 0 Å². The zero-order valence-corrected chi connectivity index (χ0v) is 14.2. The van der Waals surface area contributed by atoms with Crippen molar-refractivity contribution in [2.45, 2.75) is 44.9 Å². The Morgan fingerprint density at radius 3 is 2.70 bits per heavy atom. The van der Waals surface area contributed by atoms with Gasteiger partial charge in [-0.1, -0.05) is 16.5 Å². The number of piperazine rings is 1. The molecule has 0 aromatic carbocycles. The van der Waals surface area contributed by atoms with E-state index in [1.807, 2.05) is 25.7 Å². The van der Waals surface area contributed by atoms with Crippen molar-refractivity contribution in [2.75, 3.05) is 18.0 Å². The number of hydrogen-bond donors (Lipinski definition) is 2. The lowest BCUT2D eigenvalue weighted by Crippen LogP contribution is -2.70. The Kier molecular flexibility index (Phi) is 3.83. The van der Waals surface area contributed by atoms with Gasteiger partial charge in [0.1, 0.15) is 5.60 Å². The molecule has 0 aliphatic carbocycles. The standard InChI is InChI=1S/C14H21N5O3S/c1-14(2,3)22-13(20)19-8-4-9(19)7-18(6-8)12-16-5-10(23-12)11(15)17-21/h5,8-9,21H,4,6-7H2,1-3H3,(H2,15,17). The molecule has 1 aromatic heterocycles. The number of nitrogens with two attached hydrogens (primary N) is 1. The van der Waals surface area contributed by atoms with Gasteiger partial charge in [0.15, 0.2) is 11.0 Å². The topological polar surface area (TPSA) is 104 Å². The van der Waals surface area contributed by atoms with Gasteiger partial charge in [-0.2, -0.15) is 0 Å². The molecule has 9 heteroatoms. The van der Waals surface area contributed by atoms with Gasteiger partial charge in [-0.05, 0) is 27.2 Å². The van der Waals surface area contributed by atoms with Crippen LogP contribution in [-0.4, -0.2) is 57.8 Å². The van der Waals surface area contributed by atoms with Gasteiger partial charge in [-0.25, -0.2) is 9.78 Å². The van der Waals surface area contributed by atoms with Crippen molar-refractivity contribution < 1.29 is 14.7 Å². The van der Waals surface area contributed by atoms with Gasteiger partial charge >= 0.3 is 6.09 Å². The first-order valence-corrected chi connectivity index (χ1v) is 8.30. The Labute approximate surface area is 138 Å². The quantitative estimate of drug-likeness (QED) is 0.366. The normalized spacial score (nSPS) is 24.4. The molecule has 23 heavy (non-hydrogen) atoms. The summed E-state index contributed by atoms with van der Waals surface area (Å²) in [6.45, 7) is 7.06. The predicted octanol–water partition coefficient (Wildman–Crippen LogP) is 1.44. The molecule has 0 spiro atoms. The van der Waals surface area contributed by atoms with Gasteiger partial charge in [0.05, 0.1) is 23.2 Å². The second kappa shape index (κ2) is 5.55. The number of amides is 1. The molecular formula is C14H21N5O3S. The van der Waals surface area contributed by atoms with Crippen molar-refractivity contribution in [1.82, 2.24) is 9.88 Å². The minimum Gasteiger partial charge on any atom is -0.444 e. The fourth-order valence-electron chi connectivity index (χ4n) is 2.96. The van der Waals surface area contributed by atoms with Crippen LogP contribution in [0.25, 0.3) is 0 Å². The maximum absolute atomic E-state index is 12.2. The van der Waals surface area contributed by atoms with E-state index in [2.05, 4.69) is 15.0 Å². The van der Waals surface area contributed by atoms with Gasteiger partial charge in [0, 0.05) is 13.1 Å². The van der Waals surface area contributed by atoms with Crippen molar-refractivity contribution in [3.8, 4) is 0 Å². The smallest absolute Gasteiger partial charge is 0.410 e. The Morgan fingerprint density at radius 2 is 2.13 bits per heavy atom. The van der Waals surface area contributed by atoms with E-state index < -0.39 is 5.60 Å². The summed E-state index contributed by atoms with van der Waals surface area (Å²) < 4.78 is 5.46. The molecule has 4 rings (SSSR count). The molecule has 8 nitrogen and oxygen atoms in total. The number of nitrogens with zero attached hydrogens (tertiary/aromatic N) is 4. The summed E-state index contributed by atoms with van der Waals surface area (Å²) in [5, 5.41) is 12.5. The molecule has 3 aliphatic heterocycles. The molecular weight excluding hydrogens is 318 g/mol. The van der Waals surface area contributed by atoms with Crippen LogP contribution in [0.4, 0.5) is 9.93 Å². The summed E-state index contributed by atoms with van der Waals surface area (Å²) in [5.74, 6) is 0.0614. The minimum absolute atomic E-state index is 0.0614. The van der Waals surface area contributed by atoms with Crippen LogP contribution in [0.5, 0.6) is 0 Å². The number of thiazole rings is 1. The van der Waals surface area contributed by atoms with Crippen LogP contribution in [0, 0.1) is 0 Å². The number of anilines is 1. The predicted molar refractivity (Wildman–Crippen MR) is 87.1 cm³/mol. The van der Waals surface area contributed by atoms with E-state index in [4.69, 9.17) is 15.7 Å². The fraction of sp³-hybridized carbons (Fsp3) is 0.643. The molecule has 2 atom stereocenters. The van der Waals surface area contributed by atoms with Crippen LogP contribution in [0.15, 0.2) is 11.4 Å². The van der Waals surface area contributed by atoms with E-state index in [1.165, 1.54) is 11.3 Å². The van der Waals surface area contributed by atoms with Crippen molar-refractivity contribution in [3.05, 3.63) is 11.1 Å². The molecule has 1 amide bonds. The average Bonchev–Trinajstić information content (AvgIpc) is 2.94. The number of carbonyl (C=O) groups excluding carboxylic acids is 1. The van der Waals surface area contributed by atoms with Crippen molar-refractivity contribution in [1.29, 1.82) is 0 Å². The first kappa shape index (κ1) is 15.9. The summed E-state index contributed by atoms with van der Waals surface area (Å²) >= 11 is 1.38. The van der Waals surface area contributed by atoms with Crippen molar-refractivity contribution in [3.63, 3.8) is 0 Å². The van der Waals surface area contributed by atoms with Crippen molar-refractivity contribution >= 4 is 28.4 Å². The number of hydrogen-bond acceptors (Lipinski definition) is 7. The second-order valence-corrected chi connectivity index (χ2v) is 7.84. The van der Waals surface area contributed by atoms with E-state index in [0.29, 0.717) is 4.88 Å². The lowest BCUT2D eigenvalue weighted by molar-refractivity contribution is -0.0379. The number of amidine groups is 1. The summed E-state index contributed by atoms with van der Waals surface area (Å²) in [5.41, 5.74) is 5.10. The number of aromatic nitrogens is 1. The molecule has 3 saturated heterocycles. The molecule has 4 heterocycles. The molecule has 2 unspecified atom stereocenters. The monoisotopic (exact) mass is 339 g/mol. The highest BCUT2D eigenvalue weighted by Gasteiger charge is 2.49. The molecule has 1 aromatic rings. The molecule has 126 valence electrons. The van der Waals surface area contributed by atoms with Crippen molar-refractivity contribution in [2.24, 2.45) is 10.9 Å². The van der Waals surface area contributed by atoms with Crippen LogP contribution in [-0.2, 0) is 4.74 Å². The van der Waals surface area contributed by atoms with Gasteiger partial charge in [0.2, 0.25) is 0 Å². The molecule has 0 radical (unpaired) electrons. The van der Waals surface area contributed by atoms with Gasteiger partial charge in [0.25, 0.3) is 0 Å². The third kappa shape index (κ3) is 3.05. The van der Waals surface area contributed by atoms with Crippen LogP contribution in [0.3, 0.4) is 0 Å². The number of rotatable bonds is 2. The number of ether oxygens (including phenoxy) is 1. The SMILES string of the molecule is CC(C)(C)OC(=O)N1C2CC1CN(c1ncc(/C(N)=N/O)s1)C2. The van der Waals surface area contributed by atoms with Crippen LogP contribution in [0.2, 0.25) is 0 Å². The summed E-state index contributed by atoms with van der Waals surface area (Å²) in [4.78, 5) is 21.2. The van der Waals surface area contributed by atoms with Gasteiger partial charge < -0.3 is 20.6 Å². The summed E-state index contributed by atoms with van der Waals surface area (Å²) in [6.07, 6.45) is 2.35. The highest BCUT2D eigenvalue weighted by atomic mass is 32.1. The Hall–Kier alpha value is -2.03. The van der Waals surface area contributed by atoms with Crippen LogP contribution >= 0.6 is 11.3 Å². The number of fused-ring (bicyclic) bond motifs is 2. The van der Waals surface area contributed by atoms with E-state index in [1.54, 1.807) is 6.20 Å². The second-order valence-electron chi connectivity index (χ2n) is 6.83. The zero-order chi connectivity index (χ0) is 16.8. The first-order valence-electron chi connectivity index (χ1n) is 7.48. The highest BCUT2D eigenvalue weighted by Crippen LogP contribution is 2.36. The Bertz CT molecular complexity index is 627. The van der Waals surface area contributed by atoms with Gasteiger partial charge in [-0.15, -0.1) is 0 Å². The lowest BCUT2D eigenvalue weighted by atomic mass is 9.88. The first-order chi connectivity index (χ1) is 10.8. The average molecular weight is 339 g/mol. The molecule has 3 aliphatic rings. The number of piperidine rings is 1. The summed E-state index contributed by atoms with van der Waals surface area (Å²) in [6, 6.07) is 0.305. The van der Waals surface area contributed by atoms with E-state index in [0.717, 1.165) is 24.6 Å². The third-order valence-corrected chi connectivity index (χ3v) is 5.00. The molecule has 0 saturated carbocycles. The third-order valence-electron chi connectivity index (χ3n) is 3.92. The van der Waals surface area contributed by atoms with Gasteiger partial charge in [-0.3, -0.25) is 4.90 Å². The van der Waals surface area contributed by atoms with E-state index in [-0.39, 0.29) is 24.0 Å². The van der Waals surface area contributed by atoms with Crippen LogP contribution < -0.4 is 10.6 Å². The zero-order valence-electron chi connectivity index (χ0n) is 13.4. The molecule has 2 bridgehead atoms. The largest absolute Gasteiger partial charge is 0.444 e. The molecule has 3 fully saturated rings. The summed E-state index contributed by atoms with van der Waals surface area (Å²) in [7, 11) is 0. The Morgan fingerprint density at radius 1 is 1.48 bits per heavy atom. The maximum Gasteiger partial charge on any atom is 0.410 e. The fourth-order valence-corrected chi connectivity index (χ4v) is 3.79. The minimum atomic E-state index is -0.480. The Balaban J connectivity index is 1.65. The highest BCUT2D eigenvalue weighted by molar-refractivity contribution is 7.17. The molecule has 3 N–H and O–H groups in total.